The number of rotatable bonds is 9. The molecule has 8 heteroatoms. The summed E-state index contributed by atoms with van der Waals surface area (Å²) in [4.78, 5) is 12.0. The van der Waals surface area contributed by atoms with Gasteiger partial charge in [0.2, 0.25) is 0 Å². The maximum absolute atomic E-state index is 12.0. The Morgan fingerprint density at radius 2 is 1.71 bits per heavy atom. The average Bonchev–Trinajstić information content (AvgIpc) is 3.29. The van der Waals surface area contributed by atoms with Crippen LogP contribution in [0.1, 0.15) is 51.5 Å². The van der Waals surface area contributed by atoms with E-state index in [0.29, 0.717) is 31.2 Å². The molecule has 186 valence electrons. The van der Waals surface area contributed by atoms with Crippen LogP contribution in [-0.4, -0.2) is 38.0 Å². The molecule has 0 unspecified atom stereocenters. The molecule has 35 heavy (non-hydrogen) atoms. The second-order valence-corrected chi connectivity index (χ2v) is 9.72. The first-order valence-corrected chi connectivity index (χ1v) is 11.9. The Morgan fingerprint density at radius 3 is 2.40 bits per heavy atom. The molecule has 1 aliphatic rings. The first-order valence-electron chi connectivity index (χ1n) is 11.9. The van der Waals surface area contributed by atoms with Gasteiger partial charge in [-0.2, -0.15) is 0 Å². The second-order valence-electron chi connectivity index (χ2n) is 9.72. The Labute approximate surface area is 206 Å². The van der Waals surface area contributed by atoms with Crippen LogP contribution in [-0.2, 0) is 43.2 Å². The number of fused-ring (bicyclic) bond motifs is 1. The molecule has 1 aromatic heterocycles. The molecule has 1 saturated heterocycles. The largest absolute Gasteiger partial charge is 0.498 e. The van der Waals surface area contributed by atoms with Gasteiger partial charge in [-0.3, -0.25) is 4.79 Å². The van der Waals surface area contributed by atoms with Gasteiger partial charge in [-0.15, -0.1) is 0 Å². The Kier molecular flexibility index (Phi) is 7.26. The van der Waals surface area contributed by atoms with Crippen LogP contribution in [0.3, 0.4) is 0 Å². The summed E-state index contributed by atoms with van der Waals surface area (Å²) < 4.78 is 35.3. The summed E-state index contributed by atoms with van der Waals surface area (Å²) >= 11 is 0. The van der Waals surface area contributed by atoms with Crippen LogP contribution >= 0.6 is 0 Å². The first-order chi connectivity index (χ1) is 16.6. The number of hydrogen-bond acceptors (Lipinski definition) is 7. The third-order valence-electron chi connectivity index (χ3n) is 6.56. The highest BCUT2D eigenvalue weighted by molar-refractivity contribution is 6.64. The van der Waals surface area contributed by atoms with Gasteiger partial charge in [-0.25, -0.2) is 0 Å². The van der Waals surface area contributed by atoms with Crippen LogP contribution in [0.15, 0.2) is 46.9 Å². The fourth-order valence-corrected chi connectivity index (χ4v) is 4.06. The monoisotopic (exact) mass is 480 g/mol. The van der Waals surface area contributed by atoms with E-state index in [2.05, 4.69) is 0 Å². The number of furan rings is 1. The zero-order valence-electron chi connectivity index (χ0n) is 21.3. The maximum atomic E-state index is 12.0. The van der Waals surface area contributed by atoms with Crippen LogP contribution in [0.5, 0.6) is 5.75 Å². The van der Waals surface area contributed by atoms with Crippen molar-refractivity contribution in [3.63, 3.8) is 0 Å². The molecule has 0 atom stereocenters. The van der Waals surface area contributed by atoms with Gasteiger partial charge in [-0.05, 0) is 58.4 Å². The van der Waals surface area contributed by atoms with E-state index in [1.54, 1.807) is 14.0 Å². The average molecular weight is 480 g/mol. The zero-order valence-corrected chi connectivity index (χ0v) is 21.3. The molecule has 0 amide bonds. The molecule has 3 aromatic rings. The van der Waals surface area contributed by atoms with Gasteiger partial charge in [-0.1, -0.05) is 24.3 Å². The van der Waals surface area contributed by atoms with E-state index in [1.165, 1.54) is 0 Å². The Hall–Kier alpha value is -2.81. The van der Waals surface area contributed by atoms with Crippen molar-refractivity contribution >= 4 is 29.5 Å². The maximum Gasteiger partial charge on any atom is 0.498 e. The number of carbonyl (C=O) groups is 1. The Bertz CT molecular complexity index is 1180. The highest BCUT2D eigenvalue weighted by atomic mass is 16.7. The summed E-state index contributed by atoms with van der Waals surface area (Å²) in [5.41, 5.74) is 2.26. The van der Waals surface area contributed by atoms with Gasteiger partial charge in [0.05, 0.1) is 24.2 Å². The zero-order chi connectivity index (χ0) is 25.2. The van der Waals surface area contributed by atoms with Crippen LogP contribution in [0.2, 0.25) is 0 Å². The molecule has 2 aromatic carbocycles. The number of hydrogen-bond donors (Lipinski definition) is 0. The van der Waals surface area contributed by atoms with Crippen molar-refractivity contribution in [3.05, 3.63) is 59.4 Å². The van der Waals surface area contributed by atoms with Crippen molar-refractivity contribution in [2.75, 3.05) is 13.7 Å². The van der Waals surface area contributed by atoms with Gasteiger partial charge in [0, 0.05) is 23.5 Å². The van der Waals surface area contributed by atoms with E-state index in [1.807, 2.05) is 70.2 Å². The van der Waals surface area contributed by atoms with Gasteiger partial charge in [0.1, 0.15) is 30.3 Å². The van der Waals surface area contributed by atoms with Crippen molar-refractivity contribution in [1.82, 2.24) is 0 Å². The number of carbonyl (C=O) groups excluding carboxylic acids is 1. The van der Waals surface area contributed by atoms with Crippen LogP contribution < -0.4 is 10.2 Å². The van der Waals surface area contributed by atoms with Gasteiger partial charge in [0.25, 0.3) is 0 Å². The van der Waals surface area contributed by atoms with Gasteiger partial charge < -0.3 is 27.9 Å². The van der Waals surface area contributed by atoms with E-state index in [-0.39, 0.29) is 12.4 Å². The number of benzene rings is 2. The fraction of sp³-hybridized carbons (Fsp3) is 0.444. The predicted molar refractivity (Wildman–Crippen MR) is 134 cm³/mol. The van der Waals surface area contributed by atoms with Crippen LogP contribution in [0.25, 0.3) is 11.0 Å². The van der Waals surface area contributed by atoms with E-state index in [4.69, 9.17) is 27.9 Å². The third kappa shape index (κ3) is 5.40. The molecule has 1 fully saturated rings. The lowest BCUT2D eigenvalue weighted by Gasteiger charge is -2.32. The number of ether oxygens (including phenoxy) is 3. The molecular formula is C27H33BO7. The number of esters is 1. The summed E-state index contributed by atoms with van der Waals surface area (Å²) in [5.74, 6) is 1.08. The molecule has 0 radical (unpaired) electrons. The molecule has 2 heterocycles. The molecule has 0 bridgehead atoms. The predicted octanol–water partition coefficient (Wildman–Crippen LogP) is 4.56. The van der Waals surface area contributed by atoms with E-state index in [9.17, 15) is 4.79 Å². The van der Waals surface area contributed by atoms with Gasteiger partial charge >= 0.3 is 13.1 Å². The first kappa shape index (κ1) is 25.3. The smallest absolute Gasteiger partial charge is 0.489 e. The molecule has 0 aliphatic carbocycles. The van der Waals surface area contributed by atoms with Crippen LogP contribution in [0, 0.1) is 0 Å². The normalized spacial score (nSPS) is 16.6. The van der Waals surface area contributed by atoms with Gasteiger partial charge in [0.15, 0.2) is 0 Å². The summed E-state index contributed by atoms with van der Waals surface area (Å²) in [7, 11) is 1.05. The van der Waals surface area contributed by atoms with E-state index < -0.39 is 18.3 Å². The minimum absolute atomic E-state index is 0.157. The quantitative estimate of drug-likeness (QED) is 0.328. The van der Waals surface area contributed by atoms with Crippen molar-refractivity contribution in [1.29, 1.82) is 0 Å². The van der Waals surface area contributed by atoms with Crippen molar-refractivity contribution in [2.24, 2.45) is 0 Å². The minimum atomic E-state index is -0.583. The van der Waals surface area contributed by atoms with Crippen molar-refractivity contribution in [2.45, 2.75) is 65.5 Å². The number of para-hydroxylation sites is 1. The molecular weight excluding hydrogens is 447 g/mol. The topological polar surface area (TPSA) is 76.4 Å². The van der Waals surface area contributed by atoms with E-state index >= 15 is 0 Å². The number of methoxy groups -OCH3 is 1. The summed E-state index contributed by atoms with van der Waals surface area (Å²) in [6.07, 6.45) is 0.157. The Balaban J connectivity index is 1.64. The van der Waals surface area contributed by atoms with Crippen LogP contribution in [0.4, 0.5) is 0 Å². The minimum Gasteiger partial charge on any atom is -0.489 e. The highest BCUT2D eigenvalue weighted by Crippen LogP contribution is 2.37. The van der Waals surface area contributed by atoms with E-state index in [0.717, 1.165) is 27.7 Å². The lowest BCUT2D eigenvalue weighted by atomic mass is 9.77. The molecule has 0 saturated carbocycles. The summed E-state index contributed by atoms with van der Waals surface area (Å²) in [5, 5.41) is 0.919. The SMILES string of the molecule is CCOC(=O)Cc1ccccc1OCc1cc(B2OC(C)(C)C(C)(C)O2)c2oc(COC)cc2c1. The fourth-order valence-electron chi connectivity index (χ4n) is 4.06. The standard InChI is InChI=1S/C27H33BO7/c1-7-31-24(29)15-19-10-8-9-11-23(19)32-16-18-12-20-14-21(17-30-6)33-25(20)22(13-18)28-34-26(2,3)27(4,5)35-28/h8-14H,7,15-17H2,1-6H3. The molecule has 7 nitrogen and oxygen atoms in total. The molecule has 0 spiro atoms. The lowest BCUT2D eigenvalue weighted by Crippen LogP contribution is -2.41. The molecule has 0 N–H and O–H groups in total. The van der Waals surface area contributed by atoms with Crippen molar-refractivity contribution in [3.8, 4) is 5.75 Å². The molecule has 1 aliphatic heterocycles. The lowest BCUT2D eigenvalue weighted by molar-refractivity contribution is -0.142. The Morgan fingerprint density at radius 1 is 1.00 bits per heavy atom. The summed E-state index contributed by atoms with van der Waals surface area (Å²) in [6, 6.07) is 13.5. The summed E-state index contributed by atoms with van der Waals surface area (Å²) in [6.45, 7) is 10.9. The molecule has 4 rings (SSSR count). The highest BCUT2D eigenvalue weighted by Gasteiger charge is 2.52. The second kappa shape index (κ2) is 10.1. The van der Waals surface area contributed by atoms with Crippen molar-refractivity contribution < 1.29 is 32.7 Å². The third-order valence-corrected chi connectivity index (χ3v) is 6.56.